The van der Waals surface area contributed by atoms with Crippen molar-refractivity contribution in [1.29, 1.82) is 0 Å². The third kappa shape index (κ3) is 5.49. The van der Waals surface area contributed by atoms with Crippen molar-refractivity contribution in [3.63, 3.8) is 0 Å². The fourth-order valence-corrected chi connectivity index (χ4v) is 2.16. The van der Waals surface area contributed by atoms with Crippen LogP contribution in [-0.2, 0) is 19.1 Å². The predicted octanol–water partition coefficient (Wildman–Crippen LogP) is 1.01. The number of carbonyl (C=O) groups excluding carboxylic acids is 3. The van der Waals surface area contributed by atoms with Crippen LogP contribution in [0.5, 0.6) is 5.75 Å². The van der Waals surface area contributed by atoms with Gasteiger partial charge >= 0.3 is 5.97 Å². The summed E-state index contributed by atoms with van der Waals surface area (Å²) in [5.41, 5.74) is 0. The van der Waals surface area contributed by atoms with Gasteiger partial charge in [-0.3, -0.25) is 9.59 Å². The molecule has 2 amide bonds. The van der Waals surface area contributed by atoms with E-state index in [2.05, 4.69) is 15.4 Å². The number of benzene rings is 2. The molecule has 0 aliphatic rings. The van der Waals surface area contributed by atoms with Crippen molar-refractivity contribution in [1.82, 2.24) is 10.6 Å². The first-order chi connectivity index (χ1) is 12.0. The van der Waals surface area contributed by atoms with Crippen molar-refractivity contribution >= 4 is 28.6 Å². The second-order valence-corrected chi connectivity index (χ2v) is 5.39. The van der Waals surface area contributed by atoms with Crippen LogP contribution in [0.1, 0.15) is 6.92 Å². The zero-order valence-corrected chi connectivity index (χ0v) is 14.1. The maximum Gasteiger partial charge on any atom is 0.328 e. The van der Waals surface area contributed by atoms with Gasteiger partial charge in [0, 0.05) is 0 Å². The van der Waals surface area contributed by atoms with Crippen LogP contribution in [0.2, 0.25) is 0 Å². The summed E-state index contributed by atoms with van der Waals surface area (Å²) < 4.78 is 9.92. The van der Waals surface area contributed by atoms with Crippen LogP contribution in [0, 0.1) is 0 Å². The average Bonchev–Trinajstić information content (AvgIpc) is 2.63. The maximum absolute atomic E-state index is 11.8. The molecule has 0 saturated carbocycles. The Bertz CT molecular complexity index is 775. The molecule has 0 fully saturated rings. The van der Waals surface area contributed by atoms with Crippen LogP contribution in [0.15, 0.2) is 42.5 Å². The second-order valence-electron chi connectivity index (χ2n) is 5.39. The first-order valence-corrected chi connectivity index (χ1v) is 7.75. The summed E-state index contributed by atoms with van der Waals surface area (Å²) in [4.78, 5) is 34.6. The smallest absolute Gasteiger partial charge is 0.328 e. The molecule has 0 radical (unpaired) electrons. The minimum atomic E-state index is -0.775. The van der Waals surface area contributed by atoms with Gasteiger partial charge in [-0.2, -0.15) is 0 Å². The number of methoxy groups -OCH3 is 1. The van der Waals surface area contributed by atoms with Crippen molar-refractivity contribution in [3.05, 3.63) is 42.5 Å². The van der Waals surface area contributed by atoms with E-state index in [1.165, 1.54) is 14.0 Å². The first-order valence-electron chi connectivity index (χ1n) is 7.75. The third-order valence-electron chi connectivity index (χ3n) is 3.47. The van der Waals surface area contributed by atoms with Gasteiger partial charge in [0.2, 0.25) is 5.91 Å². The molecule has 0 spiro atoms. The van der Waals surface area contributed by atoms with E-state index in [4.69, 9.17) is 4.74 Å². The van der Waals surface area contributed by atoms with Crippen LogP contribution in [0.25, 0.3) is 10.8 Å². The van der Waals surface area contributed by atoms with Gasteiger partial charge in [0.25, 0.3) is 5.91 Å². The Balaban J connectivity index is 1.76. The van der Waals surface area contributed by atoms with Gasteiger partial charge < -0.3 is 20.1 Å². The standard InChI is InChI=1S/C18H20N2O5/c1-12(18(23)24-2)20-16(21)10-19-17(22)11-25-15-8-7-13-5-3-4-6-14(13)9-15/h3-9,12H,10-11H2,1-2H3,(H,19,22)(H,20,21)/t12-/m0/s1. The molecule has 2 N–H and O–H groups in total. The van der Waals surface area contributed by atoms with E-state index < -0.39 is 23.8 Å². The maximum atomic E-state index is 11.8. The molecule has 7 heteroatoms. The number of ether oxygens (including phenoxy) is 2. The van der Waals surface area contributed by atoms with Crippen LogP contribution in [0.3, 0.4) is 0 Å². The third-order valence-corrected chi connectivity index (χ3v) is 3.47. The summed E-state index contributed by atoms with van der Waals surface area (Å²) in [6.45, 7) is 1.04. The van der Waals surface area contributed by atoms with Crippen LogP contribution < -0.4 is 15.4 Å². The Morgan fingerprint density at radius 2 is 1.76 bits per heavy atom. The Kier molecular flexibility index (Phi) is 6.33. The molecule has 132 valence electrons. The Labute approximate surface area is 145 Å². The Morgan fingerprint density at radius 3 is 2.48 bits per heavy atom. The molecule has 1 atom stereocenters. The van der Waals surface area contributed by atoms with Gasteiger partial charge in [0.05, 0.1) is 13.7 Å². The highest BCUT2D eigenvalue weighted by molar-refractivity contribution is 5.88. The number of esters is 1. The number of fused-ring (bicyclic) bond motifs is 1. The largest absolute Gasteiger partial charge is 0.484 e. The lowest BCUT2D eigenvalue weighted by molar-refractivity contribution is -0.144. The summed E-state index contributed by atoms with van der Waals surface area (Å²) in [6, 6.07) is 12.6. The van der Waals surface area contributed by atoms with Gasteiger partial charge in [-0.15, -0.1) is 0 Å². The van der Waals surface area contributed by atoms with Crippen LogP contribution >= 0.6 is 0 Å². The topological polar surface area (TPSA) is 93.7 Å². The quantitative estimate of drug-likeness (QED) is 0.731. The average molecular weight is 344 g/mol. The molecule has 0 aliphatic carbocycles. The lowest BCUT2D eigenvalue weighted by Crippen LogP contribution is -2.45. The monoisotopic (exact) mass is 344 g/mol. The number of hydrogen-bond donors (Lipinski definition) is 2. The predicted molar refractivity (Wildman–Crippen MR) is 92.1 cm³/mol. The van der Waals surface area contributed by atoms with E-state index >= 15 is 0 Å². The highest BCUT2D eigenvalue weighted by Gasteiger charge is 2.16. The van der Waals surface area contributed by atoms with Crippen LogP contribution in [0.4, 0.5) is 0 Å². The molecule has 25 heavy (non-hydrogen) atoms. The Morgan fingerprint density at radius 1 is 1.04 bits per heavy atom. The highest BCUT2D eigenvalue weighted by Crippen LogP contribution is 2.20. The van der Waals surface area contributed by atoms with Gasteiger partial charge in [-0.05, 0) is 29.8 Å². The molecule has 0 saturated heterocycles. The van der Waals surface area contributed by atoms with Gasteiger partial charge in [0.15, 0.2) is 6.61 Å². The number of rotatable bonds is 7. The number of nitrogens with one attached hydrogen (secondary N) is 2. The number of carbonyl (C=O) groups is 3. The minimum Gasteiger partial charge on any atom is -0.484 e. The van der Waals surface area contributed by atoms with Gasteiger partial charge in [-0.1, -0.05) is 30.3 Å². The molecule has 0 bridgehead atoms. The first kappa shape index (κ1) is 18.3. The Hall–Kier alpha value is -3.09. The molecule has 7 nitrogen and oxygen atoms in total. The fraction of sp³-hybridized carbons (Fsp3) is 0.278. The second kappa shape index (κ2) is 8.68. The number of hydrogen-bond acceptors (Lipinski definition) is 5. The van der Waals surface area contributed by atoms with Gasteiger partial charge in [0.1, 0.15) is 11.8 Å². The summed E-state index contributed by atoms with van der Waals surface area (Å²) in [6.07, 6.45) is 0. The normalized spacial score (nSPS) is 11.4. The fourth-order valence-electron chi connectivity index (χ4n) is 2.16. The SMILES string of the molecule is COC(=O)[C@H](C)NC(=O)CNC(=O)COc1ccc2ccccc2c1. The van der Waals surface area contributed by atoms with Crippen molar-refractivity contribution in [2.45, 2.75) is 13.0 Å². The summed E-state index contributed by atoms with van der Waals surface area (Å²) >= 11 is 0. The van der Waals surface area contributed by atoms with E-state index in [-0.39, 0.29) is 13.2 Å². The van der Waals surface area contributed by atoms with Crippen molar-refractivity contribution in [2.24, 2.45) is 0 Å². The van der Waals surface area contributed by atoms with Crippen molar-refractivity contribution in [3.8, 4) is 5.75 Å². The summed E-state index contributed by atoms with van der Waals surface area (Å²) in [5, 5.41) is 6.92. The van der Waals surface area contributed by atoms with E-state index in [1.54, 1.807) is 6.07 Å². The molecule has 2 rings (SSSR count). The summed E-state index contributed by atoms with van der Waals surface area (Å²) in [5.74, 6) is -0.914. The molecule has 2 aromatic rings. The van der Waals surface area contributed by atoms with E-state index in [1.807, 2.05) is 36.4 Å². The summed E-state index contributed by atoms with van der Waals surface area (Å²) in [7, 11) is 1.23. The van der Waals surface area contributed by atoms with E-state index in [0.29, 0.717) is 5.75 Å². The molecular weight excluding hydrogens is 324 g/mol. The number of amides is 2. The molecular formula is C18H20N2O5. The molecule has 0 aromatic heterocycles. The van der Waals surface area contributed by atoms with Crippen LogP contribution in [-0.4, -0.2) is 44.1 Å². The molecule has 0 unspecified atom stereocenters. The van der Waals surface area contributed by atoms with Crippen molar-refractivity contribution in [2.75, 3.05) is 20.3 Å². The lowest BCUT2D eigenvalue weighted by Gasteiger charge is -2.12. The lowest BCUT2D eigenvalue weighted by atomic mass is 10.1. The van der Waals surface area contributed by atoms with E-state index in [0.717, 1.165) is 10.8 Å². The van der Waals surface area contributed by atoms with Crippen molar-refractivity contribution < 1.29 is 23.9 Å². The molecule has 2 aromatic carbocycles. The highest BCUT2D eigenvalue weighted by atomic mass is 16.5. The zero-order chi connectivity index (χ0) is 18.2. The van der Waals surface area contributed by atoms with Gasteiger partial charge in [-0.25, -0.2) is 4.79 Å². The molecule has 0 heterocycles. The van der Waals surface area contributed by atoms with E-state index in [9.17, 15) is 14.4 Å². The molecule has 0 aliphatic heterocycles. The zero-order valence-electron chi connectivity index (χ0n) is 14.1. The minimum absolute atomic E-state index is 0.210.